The Morgan fingerprint density at radius 2 is 2.10 bits per heavy atom. The van der Waals surface area contributed by atoms with Crippen molar-refractivity contribution in [1.29, 1.82) is 0 Å². The minimum absolute atomic E-state index is 0.0413. The van der Waals surface area contributed by atoms with E-state index in [4.69, 9.17) is 16.3 Å². The van der Waals surface area contributed by atoms with E-state index in [-0.39, 0.29) is 17.0 Å². The van der Waals surface area contributed by atoms with Crippen LogP contribution in [0, 0.1) is 19.7 Å². The molecule has 1 amide bonds. The number of pyridine rings is 1. The first kappa shape index (κ1) is 21.0. The molecule has 6 nitrogen and oxygen atoms in total. The molecule has 0 radical (unpaired) electrons. The lowest BCUT2D eigenvalue weighted by atomic mass is 10.00. The standard InChI is InChI=1S/C21H24ClFN4O2/c1-11-15(13(3)25-20-19(11)21(29-5)26-27(20)4)7-9-18(28)24-12(2)14-6-8-17(23)16(22)10-14/h6,8,10,12H,7,9H2,1-5H3,(H,24,28). The highest BCUT2D eigenvalue weighted by Crippen LogP contribution is 2.30. The fourth-order valence-corrected chi connectivity index (χ4v) is 3.71. The van der Waals surface area contributed by atoms with Gasteiger partial charge in [0.25, 0.3) is 0 Å². The number of nitrogens with zero attached hydrogens (tertiary/aromatic N) is 3. The molecule has 1 unspecified atom stereocenters. The second kappa shape index (κ2) is 8.37. The largest absolute Gasteiger partial charge is 0.479 e. The van der Waals surface area contributed by atoms with E-state index >= 15 is 0 Å². The predicted molar refractivity (Wildman–Crippen MR) is 111 cm³/mol. The monoisotopic (exact) mass is 418 g/mol. The number of rotatable bonds is 6. The zero-order valence-corrected chi connectivity index (χ0v) is 17.9. The minimum Gasteiger partial charge on any atom is -0.479 e. The summed E-state index contributed by atoms with van der Waals surface area (Å²) in [6.45, 7) is 5.77. The van der Waals surface area contributed by atoms with Gasteiger partial charge in [-0.1, -0.05) is 17.7 Å². The number of nitrogens with one attached hydrogen (secondary N) is 1. The van der Waals surface area contributed by atoms with Crippen LogP contribution < -0.4 is 10.1 Å². The summed E-state index contributed by atoms with van der Waals surface area (Å²) in [5.74, 6) is -0.0522. The van der Waals surface area contributed by atoms with Gasteiger partial charge in [-0.3, -0.25) is 4.79 Å². The van der Waals surface area contributed by atoms with E-state index in [1.165, 1.54) is 12.1 Å². The lowest BCUT2D eigenvalue weighted by Gasteiger charge is -2.16. The number of fused-ring (bicyclic) bond motifs is 1. The van der Waals surface area contributed by atoms with Crippen molar-refractivity contribution >= 4 is 28.5 Å². The molecule has 0 saturated heterocycles. The highest BCUT2D eigenvalue weighted by atomic mass is 35.5. The third-order valence-corrected chi connectivity index (χ3v) is 5.43. The first-order valence-corrected chi connectivity index (χ1v) is 9.71. The number of ether oxygens (including phenoxy) is 1. The number of methoxy groups -OCH3 is 1. The number of aryl methyl sites for hydroxylation is 3. The van der Waals surface area contributed by atoms with Crippen molar-refractivity contribution in [2.24, 2.45) is 7.05 Å². The highest BCUT2D eigenvalue weighted by molar-refractivity contribution is 6.30. The van der Waals surface area contributed by atoms with E-state index in [0.29, 0.717) is 18.7 Å². The van der Waals surface area contributed by atoms with Crippen LogP contribution in [0.25, 0.3) is 11.0 Å². The average Bonchev–Trinajstić information content (AvgIpc) is 2.99. The van der Waals surface area contributed by atoms with Crippen molar-refractivity contribution in [2.45, 2.75) is 39.7 Å². The summed E-state index contributed by atoms with van der Waals surface area (Å²) >= 11 is 5.83. The summed E-state index contributed by atoms with van der Waals surface area (Å²) in [4.78, 5) is 17.1. The number of carbonyl (C=O) groups excluding carboxylic acids is 1. The summed E-state index contributed by atoms with van der Waals surface area (Å²) in [6.07, 6.45) is 0.845. The topological polar surface area (TPSA) is 69.0 Å². The van der Waals surface area contributed by atoms with Crippen molar-refractivity contribution in [1.82, 2.24) is 20.1 Å². The Morgan fingerprint density at radius 3 is 2.76 bits per heavy atom. The van der Waals surface area contributed by atoms with E-state index in [1.807, 2.05) is 27.8 Å². The molecule has 29 heavy (non-hydrogen) atoms. The molecule has 0 aliphatic rings. The Bertz CT molecular complexity index is 1080. The van der Waals surface area contributed by atoms with Gasteiger partial charge in [-0.25, -0.2) is 14.1 Å². The molecule has 1 N–H and O–H groups in total. The van der Waals surface area contributed by atoms with E-state index in [0.717, 1.165) is 33.4 Å². The van der Waals surface area contributed by atoms with Crippen molar-refractivity contribution in [3.8, 4) is 5.88 Å². The van der Waals surface area contributed by atoms with Crippen LogP contribution in [-0.2, 0) is 18.3 Å². The highest BCUT2D eigenvalue weighted by Gasteiger charge is 2.19. The quantitative estimate of drug-likeness (QED) is 0.651. The van der Waals surface area contributed by atoms with Crippen LogP contribution in [0.3, 0.4) is 0 Å². The van der Waals surface area contributed by atoms with Crippen molar-refractivity contribution in [3.05, 3.63) is 51.4 Å². The van der Waals surface area contributed by atoms with Crippen molar-refractivity contribution in [2.75, 3.05) is 7.11 Å². The van der Waals surface area contributed by atoms with Gasteiger partial charge in [-0.15, -0.1) is 5.10 Å². The van der Waals surface area contributed by atoms with Gasteiger partial charge in [0, 0.05) is 19.2 Å². The van der Waals surface area contributed by atoms with Gasteiger partial charge < -0.3 is 10.1 Å². The first-order valence-electron chi connectivity index (χ1n) is 9.34. The number of hydrogen-bond acceptors (Lipinski definition) is 4. The van der Waals surface area contributed by atoms with Crippen LogP contribution >= 0.6 is 11.6 Å². The number of aromatic nitrogens is 3. The summed E-state index contributed by atoms with van der Waals surface area (Å²) in [5.41, 5.74) is 4.40. The van der Waals surface area contributed by atoms with Crippen molar-refractivity contribution < 1.29 is 13.9 Å². The molecular weight excluding hydrogens is 395 g/mol. The predicted octanol–water partition coefficient (Wildman–Crippen LogP) is 4.20. The third-order valence-electron chi connectivity index (χ3n) is 5.14. The van der Waals surface area contributed by atoms with Gasteiger partial charge in [0.05, 0.1) is 23.6 Å². The summed E-state index contributed by atoms with van der Waals surface area (Å²) in [6, 6.07) is 4.17. The maximum Gasteiger partial charge on any atom is 0.242 e. The van der Waals surface area contributed by atoms with Gasteiger partial charge in [0.2, 0.25) is 11.8 Å². The number of halogens is 2. The van der Waals surface area contributed by atoms with Crippen LogP contribution in [-0.4, -0.2) is 27.8 Å². The molecule has 3 aromatic rings. The van der Waals surface area contributed by atoms with Gasteiger partial charge in [0.15, 0.2) is 5.65 Å². The summed E-state index contributed by atoms with van der Waals surface area (Å²) < 4.78 is 20.4. The third kappa shape index (κ3) is 4.19. The molecule has 1 aromatic carbocycles. The Kier molecular flexibility index (Phi) is 6.07. The van der Waals surface area contributed by atoms with E-state index < -0.39 is 5.82 Å². The van der Waals surface area contributed by atoms with Crippen LogP contribution in [0.4, 0.5) is 4.39 Å². The van der Waals surface area contributed by atoms with Crippen LogP contribution in [0.2, 0.25) is 5.02 Å². The molecule has 2 aromatic heterocycles. The average molecular weight is 419 g/mol. The van der Waals surface area contributed by atoms with E-state index in [2.05, 4.69) is 15.4 Å². The van der Waals surface area contributed by atoms with E-state index in [1.54, 1.807) is 17.9 Å². The van der Waals surface area contributed by atoms with Crippen LogP contribution in [0.5, 0.6) is 5.88 Å². The number of benzene rings is 1. The number of hydrogen-bond donors (Lipinski definition) is 1. The van der Waals surface area contributed by atoms with Crippen LogP contribution in [0.1, 0.15) is 41.8 Å². The van der Waals surface area contributed by atoms with Gasteiger partial charge in [0.1, 0.15) is 5.82 Å². The second-order valence-electron chi connectivity index (χ2n) is 7.10. The molecule has 0 aliphatic heterocycles. The molecule has 3 rings (SSSR count). The molecule has 2 heterocycles. The Labute approximate surface area is 174 Å². The Hall–Kier alpha value is -2.67. The lowest BCUT2D eigenvalue weighted by Crippen LogP contribution is -2.27. The Balaban J connectivity index is 1.74. The molecule has 8 heteroatoms. The molecule has 0 fully saturated rings. The van der Waals surface area contributed by atoms with Crippen molar-refractivity contribution in [3.63, 3.8) is 0 Å². The normalized spacial score (nSPS) is 12.2. The van der Waals surface area contributed by atoms with Gasteiger partial charge in [-0.05, 0) is 56.0 Å². The first-order chi connectivity index (χ1) is 13.7. The summed E-state index contributed by atoms with van der Waals surface area (Å²) in [5, 5.41) is 8.19. The smallest absolute Gasteiger partial charge is 0.242 e. The van der Waals surface area contributed by atoms with Gasteiger partial charge in [-0.2, -0.15) is 0 Å². The summed E-state index contributed by atoms with van der Waals surface area (Å²) in [7, 11) is 3.41. The fraction of sp³-hybridized carbons (Fsp3) is 0.381. The minimum atomic E-state index is -0.478. The van der Waals surface area contributed by atoms with Crippen LogP contribution in [0.15, 0.2) is 18.2 Å². The lowest BCUT2D eigenvalue weighted by molar-refractivity contribution is -0.121. The maximum absolute atomic E-state index is 13.3. The Morgan fingerprint density at radius 1 is 1.38 bits per heavy atom. The molecule has 0 aliphatic carbocycles. The zero-order valence-electron chi connectivity index (χ0n) is 17.1. The molecule has 0 spiro atoms. The second-order valence-corrected chi connectivity index (χ2v) is 7.50. The molecule has 0 saturated carbocycles. The molecule has 0 bridgehead atoms. The fourth-order valence-electron chi connectivity index (χ4n) is 3.52. The zero-order chi connectivity index (χ0) is 21.3. The van der Waals surface area contributed by atoms with Gasteiger partial charge >= 0.3 is 0 Å². The molecular formula is C21H24ClFN4O2. The number of amides is 1. The number of carbonyl (C=O) groups is 1. The molecule has 154 valence electrons. The van der Waals surface area contributed by atoms with E-state index in [9.17, 15) is 9.18 Å². The SMILES string of the molecule is COc1nn(C)c2nc(C)c(CCC(=O)NC(C)c3ccc(F)c(Cl)c3)c(C)c12. The molecule has 1 atom stereocenters. The maximum atomic E-state index is 13.3.